The van der Waals surface area contributed by atoms with Crippen LogP contribution in [-0.2, 0) is 5.41 Å². The van der Waals surface area contributed by atoms with Crippen molar-refractivity contribution < 1.29 is 0 Å². The van der Waals surface area contributed by atoms with Gasteiger partial charge in [-0.25, -0.2) is 9.98 Å². The van der Waals surface area contributed by atoms with Gasteiger partial charge in [-0.1, -0.05) is 189 Å². The lowest BCUT2D eigenvalue weighted by Crippen LogP contribution is -2.26. The van der Waals surface area contributed by atoms with Gasteiger partial charge in [0.25, 0.3) is 0 Å². The second-order valence-electron chi connectivity index (χ2n) is 17.2. The maximum atomic E-state index is 6.65. The van der Waals surface area contributed by atoms with Crippen molar-refractivity contribution in [1.82, 2.24) is 0 Å². The second kappa shape index (κ2) is 16.3. The first-order valence-electron chi connectivity index (χ1n) is 22.6. The number of nitrogens with zero attached hydrogens (tertiary/aromatic N) is 3. The van der Waals surface area contributed by atoms with Crippen molar-refractivity contribution in [3.63, 3.8) is 0 Å². The molecule has 11 rings (SSSR count). The Hall–Kier alpha value is -7.95. The topological polar surface area (TPSA) is 63.1 Å². The third-order valence-corrected chi connectivity index (χ3v) is 13.4. The van der Waals surface area contributed by atoms with E-state index in [2.05, 4.69) is 178 Å². The van der Waals surface area contributed by atoms with E-state index in [1.54, 1.807) is 0 Å². The molecule has 3 aliphatic carbocycles. The number of fused-ring (bicyclic) bond motifs is 11. The Morgan fingerprint density at radius 3 is 2.03 bits per heavy atom. The van der Waals surface area contributed by atoms with Gasteiger partial charge in [0.05, 0.1) is 16.8 Å². The van der Waals surface area contributed by atoms with Gasteiger partial charge in [-0.3, -0.25) is 4.99 Å². The van der Waals surface area contributed by atoms with Gasteiger partial charge in [0.1, 0.15) is 5.84 Å². The first-order valence-corrected chi connectivity index (χ1v) is 22.6. The number of hydrogen-bond acceptors (Lipinski definition) is 2. The molecule has 65 heavy (non-hydrogen) atoms. The summed E-state index contributed by atoms with van der Waals surface area (Å²) in [6.07, 6.45) is 9.94. The van der Waals surface area contributed by atoms with Gasteiger partial charge < -0.3 is 5.73 Å². The number of rotatable bonds is 8. The largest absolute Gasteiger partial charge is 0.383 e. The summed E-state index contributed by atoms with van der Waals surface area (Å²) in [5.41, 5.74) is 27.1. The van der Waals surface area contributed by atoms with Crippen molar-refractivity contribution in [3.05, 3.63) is 245 Å². The normalized spacial score (nSPS) is 16.3. The molecule has 4 nitrogen and oxygen atoms in total. The molecule has 3 aliphatic rings. The summed E-state index contributed by atoms with van der Waals surface area (Å²) in [6, 6.07) is 62.7. The van der Waals surface area contributed by atoms with E-state index in [0.717, 1.165) is 69.1 Å². The van der Waals surface area contributed by atoms with Gasteiger partial charge in [-0.2, -0.15) is 0 Å². The van der Waals surface area contributed by atoms with E-state index in [1.807, 2.05) is 36.5 Å². The van der Waals surface area contributed by atoms with E-state index in [4.69, 9.17) is 20.7 Å². The average molecular weight is 837 g/mol. The van der Waals surface area contributed by atoms with Gasteiger partial charge in [0.2, 0.25) is 0 Å². The Balaban J connectivity index is 0.962. The molecule has 1 atom stereocenters. The highest BCUT2D eigenvalue weighted by Gasteiger charge is 2.53. The number of benzene rings is 8. The molecule has 0 amide bonds. The van der Waals surface area contributed by atoms with Crippen LogP contribution in [0.3, 0.4) is 0 Å². The summed E-state index contributed by atoms with van der Waals surface area (Å²) in [6.45, 7) is 8.67. The van der Waals surface area contributed by atoms with Crippen molar-refractivity contribution in [2.75, 3.05) is 0 Å². The molecule has 2 N–H and O–H groups in total. The molecular formula is C61H48N4. The highest BCUT2D eigenvalue weighted by molar-refractivity contribution is 6.12. The lowest BCUT2D eigenvalue weighted by atomic mass is 9.69. The van der Waals surface area contributed by atoms with E-state index < -0.39 is 0 Å². The highest BCUT2D eigenvalue weighted by Crippen LogP contribution is 2.65. The first-order chi connectivity index (χ1) is 31.9. The number of nitrogens with two attached hydrogens (primary N) is 1. The SMILES string of the molecule is C=C(N=C(N=C(N)c1ccccc1)c1ccc(-c2cccc(C)c2N=CCC)cc1)c1ccc2cc(-c3cccc4c3-c3ccccc3C43C4=CCCC=C4c4ccccc43)ccc2c1. The molecule has 312 valence electrons. The van der Waals surface area contributed by atoms with Crippen LogP contribution in [0.15, 0.2) is 215 Å². The number of para-hydroxylation sites is 1. The van der Waals surface area contributed by atoms with Crippen LogP contribution in [0, 0.1) is 6.92 Å². The minimum Gasteiger partial charge on any atom is -0.383 e. The van der Waals surface area contributed by atoms with Gasteiger partial charge in [0, 0.05) is 28.5 Å². The van der Waals surface area contributed by atoms with Crippen LogP contribution in [0.1, 0.15) is 70.7 Å². The van der Waals surface area contributed by atoms with Gasteiger partial charge in [-0.15, -0.1) is 0 Å². The Morgan fingerprint density at radius 2 is 1.22 bits per heavy atom. The molecule has 0 saturated carbocycles. The molecule has 0 aliphatic heterocycles. The quantitative estimate of drug-likeness (QED) is 0.120. The van der Waals surface area contributed by atoms with E-state index in [9.17, 15) is 0 Å². The molecule has 0 fully saturated rings. The second-order valence-corrected chi connectivity index (χ2v) is 17.2. The van der Waals surface area contributed by atoms with E-state index in [-0.39, 0.29) is 5.41 Å². The van der Waals surface area contributed by atoms with Crippen LogP contribution in [-0.4, -0.2) is 17.9 Å². The zero-order valence-electron chi connectivity index (χ0n) is 36.7. The summed E-state index contributed by atoms with van der Waals surface area (Å²) in [4.78, 5) is 14.8. The van der Waals surface area contributed by atoms with Crippen LogP contribution in [0.4, 0.5) is 5.69 Å². The van der Waals surface area contributed by atoms with Crippen LogP contribution in [0.2, 0.25) is 0 Å². The number of hydrogen-bond donors (Lipinski definition) is 1. The molecule has 0 saturated heterocycles. The fourth-order valence-electron chi connectivity index (χ4n) is 10.4. The Morgan fingerprint density at radius 1 is 0.585 bits per heavy atom. The van der Waals surface area contributed by atoms with Gasteiger partial charge in [0.15, 0.2) is 5.84 Å². The fraction of sp³-hybridized carbons (Fsp3) is 0.0984. The van der Waals surface area contributed by atoms with Crippen molar-refractivity contribution in [2.24, 2.45) is 20.7 Å². The molecule has 0 heterocycles. The minimum atomic E-state index is -0.331. The summed E-state index contributed by atoms with van der Waals surface area (Å²) in [5, 5.41) is 2.26. The Bertz CT molecular complexity index is 3380. The highest BCUT2D eigenvalue weighted by atomic mass is 15.0. The molecule has 1 spiro atoms. The predicted molar refractivity (Wildman–Crippen MR) is 274 cm³/mol. The lowest BCUT2D eigenvalue weighted by molar-refractivity contribution is 0.782. The smallest absolute Gasteiger partial charge is 0.162 e. The van der Waals surface area contributed by atoms with E-state index >= 15 is 0 Å². The summed E-state index contributed by atoms with van der Waals surface area (Å²) in [7, 11) is 0. The monoisotopic (exact) mass is 836 g/mol. The molecule has 0 aromatic heterocycles. The zero-order valence-corrected chi connectivity index (χ0v) is 36.7. The van der Waals surface area contributed by atoms with Crippen molar-refractivity contribution >= 4 is 45.6 Å². The summed E-state index contributed by atoms with van der Waals surface area (Å²) < 4.78 is 0. The van der Waals surface area contributed by atoms with Crippen molar-refractivity contribution in [1.29, 1.82) is 0 Å². The Labute approximate surface area is 381 Å². The molecular weight excluding hydrogens is 789 g/mol. The van der Waals surface area contributed by atoms with Gasteiger partial charge >= 0.3 is 0 Å². The zero-order chi connectivity index (χ0) is 44.1. The maximum Gasteiger partial charge on any atom is 0.162 e. The van der Waals surface area contributed by atoms with Crippen LogP contribution >= 0.6 is 0 Å². The molecule has 0 radical (unpaired) electrons. The molecule has 8 aromatic rings. The third kappa shape index (κ3) is 6.64. The average Bonchev–Trinajstić information content (AvgIpc) is 3.83. The first kappa shape index (κ1) is 39.9. The molecule has 1 unspecified atom stereocenters. The summed E-state index contributed by atoms with van der Waals surface area (Å²) >= 11 is 0. The third-order valence-electron chi connectivity index (χ3n) is 13.4. The molecule has 0 bridgehead atoms. The maximum absolute atomic E-state index is 6.65. The van der Waals surface area contributed by atoms with Crippen molar-refractivity contribution in [3.8, 4) is 33.4 Å². The van der Waals surface area contributed by atoms with Crippen LogP contribution in [0.25, 0.3) is 55.4 Å². The number of allylic oxidation sites excluding steroid dienone is 4. The van der Waals surface area contributed by atoms with E-state index in [1.165, 1.54) is 55.7 Å². The van der Waals surface area contributed by atoms with E-state index in [0.29, 0.717) is 17.4 Å². The Kier molecular flexibility index (Phi) is 10.0. The summed E-state index contributed by atoms with van der Waals surface area (Å²) in [5.74, 6) is 0.867. The van der Waals surface area contributed by atoms with Crippen LogP contribution in [0.5, 0.6) is 0 Å². The van der Waals surface area contributed by atoms with Crippen molar-refractivity contribution in [2.45, 2.75) is 38.5 Å². The standard InChI is InChI=1S/C61H48N4/c1-4-36-63-58-39(2)16-14-23-49(58)41-28-30-43(31-29-41)60(65-59(62)42-17-6-5-7-18-42)64-40(3)44-32-33-46-38-47(35-34-45(46)37-44)48-22-15-27-56-57(48)52-21-10-13-26-55(52)61(56)53-24-11-8-19-50(53)51-20-9-12-25-54(51)61/h5-8,10-11,13-38H,3-4,9,12H2,1-2H3,(H2,62,64,65). The number of amidine groups is 2. The number of aryl methyl sites for hydroxylation is 1. The minimum absolute atomic E-state index is 0.331. The molecule has 4 heteroatoms. The number of aliphatic imine (C=N–C) groups is 3. The van der Waals surface area contributed by atoms with Crippen LogP contribution < -0.4 is 5.73 Å². The fourth-order valence-corrected chi connectivity index (χ4v) is 10.4. The molecule has 8 aromatic carbocycles. The predicted octanol–water partition coefficient (Wildman–Crippen LogP) is 14.8. The van der Waals surface area contributed by atoms with Gasteiger partial charge in [-0.05, 0) is 116 Å². The lowest BCUT2D eigenvalue weighted by Gasteiger charge is -2.31.